The Labute approximate surface area is 152 Å². The van der Waals surface area contributed by atoms with Crippen LogP contribution in [-0.2, 0) is 6.54 Å². The Bertz CT molecular complexity index is 993. The fourth-order valence-electron chi connectivity index (χ4n) is 2.85. The van der Waals surface area contributed by atoms with Crippen LogP contribution in [0.3, 0.4) is 0 Å². The normalized spacial score (nSPS) is 12.1. The van der Waals surface area contributed by atoms with Crippen LogP contribution in [0.2, 0.25) is 0 Å². The summed E-state index contributed by atoms with van der Waals surface area (Å²) < 4.78 is 1.71. The van der Waals surface area contributed by atoms with E-state index in [0.717, 1.165) is 17.5 Å². The molecule has 0 aliphatic carbocycles. The molecule has 1 amide bonds. The highest BCUT2D eigenvalue weighted by Crippen LogP contribution is 2.15. The predicted molar refractivity (Wildman–Crippen MR) is 104 cm³/mol. The van der Waals surface area contributed by atoms with Crippen molar-refractivity contribution in [2.24, 2.45) is 0 Å². The number of nitrogens with one attached hydrogen (secondary N) is 1. The van der Waals surface area contributed by atoms with Crippen molar-refractivity contribution >= 4 is 16.9 Å². The van der Waals surface area contributed by atoms with Gasteiger partial charge >= 0.3 is 0 Å². The lowest BCUT2D eigenvalue weighted by molar-refractivity contribution is 0.0939. The fourth-order valence-corrected chi connectivity index (χ4v) is 2.85. The first kappa shape index (κ1) is 17.9. The molecule has 3 rings (SSSR count). The second-order valence-corrected chi connectivity index (χ2v) is 6.56. The number of hydrogen-bond acceptors (Lipinski definition) is 3. The van der Waals surface area contributed by atoms with Crippen molar-refractivity contribution in [3.8, 4) is 0 Å². The maximum Gasteiger partial charge on any atom is 0.272 e. The van der Waals surface area contributed by atoms with E-state index in [1.54, 1.807) is 29.7 Å². The molecule has 5 nitrogen and oxygen atoms in total. The molecule has 0 aliphatic rings. The van der Waals surface area contributed by atoms with Crippen LogP contribution in [0.25, 0.3) is 11.0 Å². The number of aromatic nitrogens is 2. The summed E-state index contributed by atoms with van der Waals surface area (Å²) in [6, 6.07) is 15.2. The lowest BCUT2D eigenvalue weighted by Gasteiger charge is -2.14. The van der Waals surface area contributed by atoms with Gasteiger partial charge in [-0.15, -0.1) is 0 Å². The molecule has 0 fully saturated rings. The summed E-state index contributed by atoms with van der Waals surface area (Å²) in [7, 11) is 0. The van der Waals surface area contributed by atoms with Crippen LogP contribution in [0.1, 0.15) is 41.9 Å². The fraction of sp³-hybridized carbons (Fsp3) is 0.286. The Kier molecular flexibility index (Phi) is 5.16. The molecule has 5 heteroatoms. The third kappa shape index (κ3) is 3.67. The van der Waals surface area contributed by atoms with E-state index in [2.05, 4.69) is 10.3 Å². The first-order valence-electron chi connectivity index (χ1n) is 8.85. The molecule has 26 heavy (non-hydrogen) atoms. The van der Waals surface area contributed by atoms with Gasteiger partial charge in [0.1, 0.15) is 5.69 Å². The van der Waals surface area contributed by atoms with Crippen molar-refractivity contribution in [2.45, 2.75) is 39.8 Å². The zero-order chi connectivity index (χ0) is 18.7. The molecule has 0 spiro atoms. The maximum absolute atomic E-state index is 12.6. The minimum Gasteiger partial charge on any atom is -0.350 e. The zero-order valence-corrected chi connectivity index (χ0v) is 15.3. The summed E-state index contributed by atoms with van der Waals surface area (Å²) >= 11 is 0. The van der Waals surface area contributed by atoms with Gasteiger partial charge in [-0.1, -0.05) is 37.3 Å². The second kappa shape index (κ2) is 7.52. The number of benzene rings is 2. The van der Waals surface area contributed by atoms with Crippen LogP contribution >= 0.6 is 0 Å². The second-order valence-electron chi connectivity index (χ2n) is 6.56. The number of nitrogens with zero attached hydrogens (tertiary/aromatic N) is 2. The third-order valence-corrected chi connectivity index (χ3v) is 4.54. The molecule has 1 aromatic heterocycles. The van der Waals surface area contributed by atoms with Crippen molar-refractivity contribution in [1.82, 2.24) is 14.9 Å². The van der Waals surface area contributed by atoms with Crippen LogP contribution in [0.15, 0.2) is 53.3 Å². The standard InChI is InChI=1S/C21H23N3O2/c1-4-14(2)22-20(25)17-10-11-19-18(12-17)23-15(3)21(26)24(19)13-16-8-6-5-7-9-16/h5-12,14H,4,13H2,1-3H3,(H,22,25)/t14-/m1/s1. The Hall–Kier alpha value is -2.95. The van der Waals surface area contributed by atoms with Gasteiger partial charge in [-0.2, -0.15) is 0 Å². The van der Waals surface area contributed by atoms with Gasteiger partial charge in [0, 0.05) is 11.6 Å². The lowest BCUT2D eigenvalue weighted by atomic mass is 10.1. The van der Waals surface area contributed by atoms with Crippen LogP contribution in [0.5, 0.6) is 0 Å². The Morgan fingerprint density at radius 3 is 2.62 bits per heavy atom. The van der Waals surface area contributed by atoms with Gasteiger partial charge in [0.25, 0.3) is 11.5 Å². The summed E-state index contributed by atoms with van der Waals surface area (Å²) in [6.07, 6.45) is 0.868. The molecule has 0 saturated carbocycles. The minimum absolute atomic E-state index is 0.111. The molecule has 0 radical (unpaired) electrons. The van der Waals surface area contributed by atoms with Gasteiger partial charge in [-0.3, -0.25) is 9.59 Å². The number of carbonyl (C=O) groups is 1. The Morgan fingerprint density at radius 1 is 1.19 bits per heavy atom. The van der Waals surface area contributed by atoms with Crippen molar-refractivity contribution in [2.75, 3.05) is 0 Å². The Morgan fingerprint density at radius 2 is 1.92 bits per heavy atom. The van der Waals surface area contributed by atoms with E-state index in [9.17, 15) is 9.59 Å². The van der Waals surface area contributed by atoms with Gasteiger partial charge in [0.2, 0.25) is 0 Å². The van der Waals surface area contributed by atoms with Crippen LogP contribution in [0, 0.1) is 6.92 Å². The molecule has 1 atom stereocenters. The highest BCUT2D eigenvalue weighted by atomic mass is 16.1. The van der Waals surface area contributed by atoms with Gasteiger partial charge in [-0.25, -0.2) is 4.98 Å². The largest absolute Gasteiger partial charge is 0.350 e. The predicted octanol–water partition coefficient (Wildman–Crippen LogP) is 3.28. The van der Waals surface area contributed by atoms with E-state index in [1.165, 1.54) is 0 Å². The van der Waals surface area contributed by atoms with E-state index in [0.29, 0.717) is 23.3 Å². The van der Waals surface area contributed by atoms with Gasteiger partial charge in [-0.05, 0) is 44.0 Å². The van der Waals surface area contributed by atoms with Crippen molar-refractivity contribution in [1.29, 1.82) is 0 Å². The quantitative estimate of drug-likeness (QED) is 0.769. The zero-order valence-electron chi connectivity index (χ0n) is 15.3. The number of amides is 1. The molecule has 134 valence electrons. The smallest absolute Gasteiger partial charge is 0.272 e. The van der Waals surface area contributed by atoms with E-state index in [1.807, 2.05) is 44.2 Å². The molecule has 3 aromatic rings. The number of aryl methyl sites for hydroxylation is 1. The van der Waals surface area contributed by atoms with Crippen molar-refractivity contribution in [3.05, 3.63) is 75.7 Å². The summed E-state index contributed by atoms with van der Waals surface area (Å²) in [5, 5.41) is 2.96. The first-order chi connectivity index (χ1) is 12.5. The molecule has 0 aliphatic heterocycles. The lowest BCUT2D eigenvalue weighted by Crippen LogP contribution is -2.32. The van der Waals surface area contributed by atoms with Crippen LogP contribution in [0.4, 0.5) is 0 Å². The molecule has 0 saturated heterocycles. The van der Waals surface area contributed by atoms with Crippen LogP contribution in [-0.4, -0.2) is 21.5 Å². The summed E-state index contributed by atoms with van der Waals surface area (Å²) in [5.41, 5.74) is 3.28. The number of hydrogen-bond donors (Lipinski definition) is 1. The number of carbonyl (C=O) groups excluding carboxylic acids is 1. The van der Waals surface area contributed by atoms with Gasteiger partial charge in [0.15, 0.2) is 0 Å². The highest BCUT2D eigenvalue weighted by molar-refractivity contribution is 5.97. The molecule has 2 aromatic carbocycles. The van der Waals surface area contributed by atoms with Crippen molar-refractivity contribution < 1.29 is 4.79 Å². The summed E-state index contributed by atoms with van der Waals surface area (Å²) in [6.45, 7) is 6.17. The van der Waals surface area contributed by atoms with Gasteiger partial charge < -0.3 is 9.88 Å². The first-order valence-corrected chi connectivity index (χ1v) is 8.85. The molecule has 1 heterocycles. The SMILES string of the molecule is CC[C@@H](C)NC(=O)c1ccc2c(c1)nc(C)c(=O)n2Cc1ccccc1. The average Bonchev–Trinajstić information content (AvgIpc) is 2.65. The topological polar surface area (TPSA) is 64.0 Å². The minimum atomic E-state index is -0.124. The molecule has 0 unspecified atom stereocenters. The maximum atomic E-state index is 12.6. The number of rotatable bonds is 5. The Balaban J connectivity index is 2.04. The van der Waals surface area contributed by atoms with E-state index in [4.69, 9.17) is 0 Å². The number of fused-ring (bicyclic) bond motifs is 1. The van der Waals surface area contributed by atoms with E-state index < -0.39 is 0 Å². The van der Waals surface area contributed by atoms with E-state index >= 15 is 0 Å². The van der Waals surface area contributed by atoms with Crippen molar-refractivity contribution in [3.63, 3.8) is 0 Å². The van der Waals surface area contributed by atoms with E-state index in [-0.39, 0.29) is 17.5 Å². The highest BCUT2D eigenvalue weighted by Gasteiger charge is 2.13. The monoisotopic (exact) mass is 349 g/mol. The third-order valence-electron chi connectivity index (χ3n) is 4.54. The molecule has 1 N–H and O–H groups in total. The molecule has 0 bridgehead atoms. The van der Waals surface area contributed by atoms with Gasteiger partial charge in [0.05, 0.1) is 17.6 Å². The summed E-state index contributed by atoms with van der Waals surface area (Å²) in [4.78, 5) is 29.4. The average molecular weight is 349 g/mol. The molecular formula is C21H23N3O2. The van der Waals surface area contributed by atoms with Crippen LogP contribution < -0.4 is 10.9 Å². The molecular weight excluding hydrogens is 326 g/mol. The summed E-state index contributed by atoms with van der Waals surface area (Å²) in [5.74, 6) is -0.124.